The fourth-order valence-corrected chi connectivity index (χ4v) is 4.96. The van der Waals surface area contributed by atoms with Crippen LogP contribution in [0.2, 0.25) is 0 Å². The highest BCUT2D eigenvalue weighted by molar-refractivity contribution is 7.99. The van der Waals surface area contributed by atoms with Crippen LogP contribution in [0.4, 0.5) is 13.2 Å². The van der Waals surface area contributed by atoms with Gasteiger partial charge in [-0.1, -0.05) is 18.6 Å². The van der Waals surface area contributed by atoms with Gasteiger partial charge in [0, 0.05) is 11.8 Å². The molecule has 3 rings (SSSR count). The predicted octanol–water partition coefficient (Wildman–Crippen LogP) is 4.22. The van der Waals surface area contributed by atoms with Gasteiger partial charge in [0.05, 0.1) is 16.7 Å². The third-order valence-corrected chi connectivity index (χ3v) is 6.38. The smallest absolute Gasteiger partial charge is 0.475 e. The SMILES string of the molecule is Cc1cccc2c(=O)[nH]c(CSC3CCC[C@H](CN(C)C)C3)nc12.O=C(O)C(F)(F)F. The maximum Gasteiger partial charge on any atom is 0.490 e. The quantitative estimate of drug-likeness (QED) is 0.696. The Kier molecular flexibility index (Phi) is 8.93. The van der Waals surface area contributed by atoms with Crippen molar-refractivity contribution < 1.29 is 23.1 Å². The molecule has 1 heterocycles. The molecular weight excluding hydrogens is 431 g/mol. The van der Waals surface area contributed by atoms with Crippen LogP contribution in [0.3, 0.4) is 0 Å². The number of aromatic nitrogens is 2. The van der Waals surface area contributed by atoms with Gasteiger partial charge in [-0.15, -0.1) is 0 Å². The van der Waals surface area contributed by atoms with E-state index in [-0.39, 0.29) is 5.56 Å². The monoisotopic (exact) mass is 459 g/mol. The summed E-state index contributed by atoms with van der Waals surface area (Å²) in [5.41, 5.74) is 1.88. The number of carbonyl (C=O) groups is 1. The summed E-state index contributed by atoms with van der Waals surface area (Å²) in [7, 11) is 4.31. The molecule has 0 saturated heterocycles. The molecular formula is C21H28F3N3O3S. The number of para-hydroxylation sites is 1. The number of aromatic amines is 1. The molecule has 2 atom stereocenters. The molecule has 6 nitrogen and oxygen atoms in total. The zero-order valence-electron chi connectivity index (χ0n) is 17.8. The van der Waals surface area contributed by atoms with Gasteiger partial charge in [-0.2, -0.15) is 24.9 Å². The number of nitrogens with zero attached hydrogens (tertiary/aromatic N) is 2. The number of alkyl halides is 3. The third-order valence-electron chi connectivity index (χ3n) is 5.04. The van der Waals surface area contributed by atoms with Crippen molar-refractivity contribution in [3.63, 3.8) is 0 Å². The van der Waals surface area contributed by atoms with Gasteiger partial charge in [-0.05, 0) is 57.8 Å². The molecule has 1 saturated carbocycles. The summed E-state index contributed by atoms with van der Waals surface area (Å²) < 4.78 is 31.7. The molecule has 1 unspecified atom stereocenters. The number of aliphatic carboxylic acids is 1. The van der Waals surface area contributed by atoms with E-state index in [0.29, 0.717) is 10.6 Å². The first-order chi connectivity index (χ1) is 14.5. The number of hydrogen-bond acceptors (Lipinski definition) is 5. The lowest BCUT2D eigenvalue weighted by Crippen LogP contribution is -2.27. The lowest BCUT2D eigenvalue weighted by molar-refractivity contribution is -0.192. The summed E-state index contributed by atoms with van der Waals surface area (Å²) in [6, 6.07) is 5.77. The number of nitrogens with one attached hydrogen (secondary N) is 1. The summed E-state index contributed by atoms with van der Waals surface area (Å²) in [5, 5.41) is 8.49. The molecule has 31 heavy (non-hydrogen) atoms. The first-order valence-electron chi connectivity index (χ1n) is 10.0. The molecule has 2 N–H and O–H groups in total. The molecule has 0 bridgehead atoms. The fourth-order valence-electron chi connectivity index (χ4n) is 3.69. The van der Waals surface area contributed by atoms with Crippen LogP contribution in [0.15, 0.2) is 23.0 Å². The highest BCUT2D eigenvalue weighted by Gasteiger charge is 2.38. The highest BCUT2D eigenvalue weighted by Crippen LogP contribution is 2.33. The van der Waals surface area contributed by atoms with E-state index in [2.05, 4.69) is 24.0 Å². The summed E-state index contributed by atoms with van der Waals surface area (Å²) in [5.74, 6) is -0.357. The number of fused-ring (bicyclic) bond motifs is 1. The van der Waals surface area contributed by atoms with E-state index >= 15 is 0 Å². The molecule has 10 heteroatoms. The molecule has 1 aromatic heterocycles. The van der Waals surface area contributed by atoms with E-state index < -0.39 is 12.1 Å². The number of carboxylic acid groups (broad SMARTS) is 1. The number of rotatable bonds is 5. The first kappa shape index (κ1) is 25.2. The number of benzene rings is 1. The Morgan fingerprint density at radius 1 is 1.32 bits per heavy atom. The Labute approximate surface area is 183 Å². The van der Waals surface area contributed by atoms with Crippen molar-refractivity contribution in [1.82, 2.24) is 14.9 Å². The van der Waals surface area contributed by atoms with Crippen LogP contribution in [-0.4, -0.2) is 58.0 Å². The number of halogens is 3. The minimum Gasteiger partial charge on any atom is -0.475 e. The zero-order valence-corrected chi connectivity index (χ0v) is 18.6. The van der Waals surface area contributed by atoms with Crippen LogP contribution in [0.5, 0.6) is 0 Å². The summed E-state index contributed by atoms with van der Waals surface area (Å²) >= 11 is 1.95. The zero-order chi connectivity index (χ0) is 23.2. The molecule has 1 fully saturated rings. The van der Waals surface area contributed by atoms with Crippen molar-refractivity contribution in [3.05, 3.63) is 39.9 Å². The molecule has 172 valence electrons. The van der Waals surface area contributed by atoms with Gasteiger partial charge >= 0.3 is 12.1 Å². The molecule has 0 spiro atoms. The molecule has 0 radical (unpaired) electrons. The minimum atomic E-state index is -5.08. The molecule has 0 amide bonds. The molecule has 1 aliphatic rings. The van der Waals surface area contributed by atoms with Gasteiger partial charge in [0.1, 0.15) is 5.82 Å². The Morgan fingerprint density at radius 3 is 2.61 bits per heavy atom. The second-order valence-electron chi connectivity index (χ2n) is 8.01. The molecule has 1 aromatic carbocycles. The normalized spacial score (nSPS) is 19.2. The van der Waals surface area contributed by atoms with Crippen LogP contribution in [-0.2, 0) is 10.5 Å². The average molecular weight is 460 g/mol. The van der Waals surface area contributed by atoms with Crippen LogP contribution in [0, 0.1) is 12.8 Å². The molecule has 0 aliphatic heterocycles. The topological polar surface area (TPSA) is 86.3 Å². The minimum absolute atomic E-state index is 0.0200. The number of hydrogen-bond donors (Lipinski definition) is 2. The molecule has 1 aliphatic carbocycles. The Morgan fingerprint density at radius 2 is 2.00 bits per heavy atom. The van der Waals surface area contributed by atoms with Crippen molar-refractivity contribution in [2.45, 2.75) is 49.8 Å². The Balaban J connectivity index is 0.000000423. The Hall–Kier alpha value is -2.07. The van der Waals surface area contributed by atoms with E-state index in [1.165, 1.54) is 32.2 Å². The first-order valence-corrected chi connectivity index (χ1v) is 11.1. The lowest BCUT2D eigenvalue weighted by atomic mass is 9.88. The number of H-pyrrole nitrogens is 1. The van der Waals surface area contributed by atoms with Crippen LogP contribution < -0.4 is 5.56 Å². The number of aryl methyl sites for hydroxylation is 1. The third kappa shape index (κ3) is 7.84. The van der Waals surface area contributed by atoms with Crippen molar-refractivity contribution in [1.29, 1.82) is 0 Å². The van der Waals surface area contributed by atoms with E-state index in [1.54, 1.807) is 0 Å². The van der Waals surface area contributed by atoms with E-state index in [9.17, 15) is 18.0 Å². The van der Waals surface area contributed by atoms with Crippen molar-refractivity contribution in [2.75, 3.05) is 20.6 Å². The second kappa shape index (κ2) is 11.0. The van der Waals surface area contributed by atoms with Gasteiger partial charge in [-0.3, -0.25) is 4.79 Å². The number of carboxylic acids is 1. The van der Waals surface area contributed by atoms with Gasteiger partial charge in [0.25, 0.3) is 5.56 Å². The fraction of sp³-hybridized carbons (Fsp3) is 0.571. The molecule has 2 aromatic rings. The summed E-state index contributed by atoms with van der Waals surface area (Å²) in [4.78, 5) is 31.1. The van der Waals surface area contributed by atoms with E-state index in [1.807, 2.05) is 36.9 Å². The van der Waals surface area contributed by atoms with Crippen LogP contribution in [0.25, 0.3) is 10.9 Å². The maximum absolute atomic E-state index is 12.3. The maximum atomic E-state index is 12.3. The van der Waals surface area contributed by atoms with Crippen molar-refractivity contribution >= 4 is 28.6 Å². The van der Waals surface area contributed by atoms with E-state index in [0.717, 1.165) is 28.6 Å². The summed E-state index contributed by atoms with van der Waals surface area (Å²) in [6.07, 6.45) is 0.140. The second-order valence-corrected chi connectivity index (χ2v) is 9.30. The standard InChI is InChI=1S/C19H27N3OS.C2HF3O2/c1-13-6-4-9-16-18(13)20-17(21-19(16)23)12-24-15-8-5-7-14(10-15)11-22(2)3;3-2(4,5)1(6)7/h4,6,9,14-15H,5,7-8,10-12H2,1-3H3,(H,20,21,23);(H,6,7)/t14-,15?;/m0./s1. The predicted molar refractivity (Wildman–Crippen MR) is 116 cm³/mol. The highest BCUT2D eigenvalue weighted by atomic mass is 32.2. The number of thioether (sulfide) groups is 1. The van der Waals surface area contributed by atoms with Crippen LogP contribution >= 0.6 is 11.8 Å². The lowest BCUT2D eigenvalue weighted by Gasteiger charge is -2.30. The Bertz CT molecular complexity index is 947. The summed E-state index contributed by atoms with van der Waals surface area (Å²) in [6.45, 7) is 3.19. The van der Waals surface area contributed by atoms with Crippen molar-refractivity contribution in [2.24, 2.45) is 5.92 Å². The van der Waals surface area contributed by atoms with Crippen molar-refractivity contribution in [3.8, 4) is 0 Å². The largest absolute Gasteiger partial charge is 0.490 e. The van der Waals surface area contributed by atoms with Crippen LogP contribution in [0.1, 0.15) is 37.1 Å². The van der Waals surface area contributed by atoms with E-state index in [4.69, 9.17) is 14.9 Å². The average Bonchev–Trinajstić information content (AvgIpc) is 2.67. The van der Waals surface area contributed by atoms with Gasteiger partial charge in [0.2, 0.25) is 0 Å². The van der Waals surface area contributed by atoms with Gasteiger partial charge < -0.3 is 15.0 Å². The van der Waals surface area contributed by atoms with Gasteiger partial charge in [0.15, 0.2) is 0 Å². The van der Waals surface area contributed by atoms with Gasteiger partial charge in [-0.25, -0.2) is 9.78 Å².